The molecule has 0 aromatic heterocycles. The Kier molecular flexibility index (Phi) is 6.44. The maximum Gasteiger partial charge on any atom is 0.342 e. The first-order valence-electron chi connectivity index (χ1n) is 9.28. The van der Waals surface area contributed by atoms with Crippen LogP contribution >= 0.6 is 0 Å². The van der Waals surface area contributed by atoms with Gasteiger partial charge in [-0.05, 0) is 53.9 Å². The Morgan fingerprint density at radius 3 is 2.34 bits per heavy atom. The van der Waals surface area contributed by atoms with Gasteiger partial charge in [0.25, 0.3) is 5.91 Å². The van der Waals surface area contributed by atoms with Crippen LogP contribution in [0.4, 0.5) is 4.39 Å². The summed E-state index contributed by atoms with van der Waals surface area (Å²) in [5.74, 6) is -0.950. The summed E-state index contributed by atoms with van der Waals surface area (Å²) in [4.78, 5) is 24.8. The number of benzene rings is 3. The summed E-state index contributed by atoms with van der Waals surface area (Å²) in [5, 5.41) is 4.53. The van der Waals surface area contributed by atoms with Crippen LogP contribution < -0.4 is 10.1 Å². The molecule has 5 nitrogen and oxygen atoms in total. The van der Waals surface area contributed by atoms with Crippen molar-refractivity contribution in [3.8, 4) is 5.75 Å². The number of rotatable bonds is 7. The zero-order chi connectivity index (χ0) is 20.8. The molecule has 6 heteroatoms. The van der Waals surface area contributed by atoms with E-state index < -0.39 is 18.0 Å². The number of amides is 1. The number of carbonyl (C=O) groups is 2. The molecule has 0 saturated heterocycles. The van der Waals surface area contributed by atoms with Crippen LogP contribution in [0.15, 0.2) is 60.7 Å². The lowest BCUT2D eigenvalue weighted by molar-refractivity contribution is -0.129. The summed E-state index contributed by atoms with van der Waals surface area (Å²) in [6, 6.07) is 17.1. The molecule has 0 spiro atoms. The predicted molar refractivity (Wildman–Crippen MR) is 108 cm³/mol. The van der Waals surface area contributed by atoms with Gasteiger partial charge < -0.3 is 14.8 Å². The van der Waals surface area contributed by atoms with E-state index in [9.17, 15) is 14.0 Å². The van der Waals surface area contributed by atoms with Gasteiger partial charge in [-0.15, -0.1) is 0 Å². The van der Waals surface area contributed by atoms with Gasteiger partial charge in [0.05, 0.1) is 7.11 Å². The molecular weight excluding hydrogens is 373 g/mol. The third-order valence-electron chi connectivity index (χ3n) is 4.57. The maximum absolute atomic E-state index is 12.9. The maximum atomic E-state index is 12.9. The minimum absolute atomic E-state index is 0.261. The summed E-state index contributed by atoms with van der Waals surface area (Å²) in [6.07, 6.45) is -0.419. The zero-order valence-corrected chi connectivity index (χ0v) is 16.3. The Labute approximate surface area is 168 Å². The number of hydrogen-bond acceptors (Lipinski definition) is 4. The highest BCUT2D eigenvalue weighted by molar-refractivity contribution is 5.99. The second-order valence-corrected chi connectivity index (χ2v) is 6.61. The molecule has 0 bridgehead atoms. The Hall–Kier alpha value is -3.41. The molecule has 0 heterocycles. The van der Waals surface area contributed by atoms with Gasteiger partial charge in [0, 0.05) is 6.54 Å². The Morgan fingerprint density at radius 1 is 1.03 bits per heavy atom. The molecule has 0 aliphatic carbocycles. The molecule has 1 atom stereocenters. The SMILES string of the molecule is COc1cc2ccccc2cc1C(=O)O[C@H](C)C(=O)NCCc1ccc(F)cc1. The van der Waals surface area contributed by atoms with Crippen molar-refractivity contribution in [2.75, 3.05) is 13.7 Å². The molecule has 1 amide bonds. The molecule has 1 N–H and O–H groups in total. The summed E-state index contributed by atoms with van der Waals surface area (Å²) < 4.78 is 23.6. The average molecular weight is 395 g/mol. The predicted octanol–water partition coefficient (Wildman–Crippen LogP) is 3.89. The second-order valence-electron chi connectivity index (χ2n) is 6.61. The molecule has 0 aliphatic heterocycles. The number of carbonyl (C=O) groups excluding carboxylic acids is 2. The van der Waals surface area contributed by atoms with Crippen LogP contribution in [0, 0.1) is 5.82 Å². The van der Waals surface area contributed by atoms with E-state index >= 15 is 0 Å². The molecule has 3 aromatic rings. The Morgan fingerprint density at radius 2 is 1.69 bits per heavy atom. The fraction of sp³-hybridized carbons (Fsp3) is 0.217. The molecule has 3 rings (SSSR count). The van der Waals surface area contributed by atoms with E-state index in [0.29, 0.717) is 18.7 Å². The standard InChI is InChI=1S/C23H22FNO4/c1-15(22(26)25-12-11-16-7-9-19(24)10-8-16)29-23(27)20-13-17-5-3-4-6-18(17)14-21(20)28-2/h3-10,13-15H,11-12H2,1-2H3,(H,25,26)/t15-/m1/s1. The van der Waals surface area contributed by atoms with Crippen molar-refractivity contribution in [1.82, 2.24) is 5.32 Å². The highest BCUT2D eigenvalue weighted by Crippen LogP contribution is 2.26. The molecular formula is C23H22FNO4. The van der Waals surface area contributed by atoms with Crippen molar-refractivity contribution in [3.63, 3.8) is 0 Å². The van der Waals surface area contributed by atoms with Gasteiger partial charge in [-0.3, -0.25) is 4.79 Å². The van der Waals surface area contributed by atoms with Gasteiger partial charge >= 0.3 is 5.97 Å². The van der Waals surface area contributed by atoms with Gasteiger partial charge in [0.1, 0.15) is 17.1 Å². The van der Waals surface area contributed by atoms with Crippen LogP contribution in [0.2, 0.25) is 0 Å². The number of hydrogen-bond donors (Lipinski definition) is 1. The first kappa shape index (κ1) is 20.3. The van der Waals surface area contributed by atoms with Crippen LogP contribution in [0.3, 0.4) is 0 Å². The number of nitrogens with one attached hydrogen (secondary N) is 1. The Bertz CT molecular complexity index is 1020. The van der Waals surface area contributed by atoms with Crippen molar-refractivity contribution in [2.45, 2.75) is 19.4 Å². The largest absolute Gasteiger partial charge is 0.496 e. The minimum atomic E-state index is -0.966. The highest BCUT2D eigenvalue weighted by Gasteiger charge is 2.21. The molecule has 150 valence electrons. The minimum Gasteiger partial charge on any atom is -0.496 e. The second kappa shape index (κ2) is 9.19. The van der Waals surface area contributed by atoms with E-state index in [1.54, 1.807) is 24.3 Å². The normalized spacial score (nSPS) is 11.7. The quantitative estimate of drug-likeness (QED) is 0.617. The summed E-state index contributed by atoms with van der Waals surface area (Å²) in [5.41, 5.74) is 1.16. The topological polar surface area (TPSA) is 64.6 Å². The summed E-state index contributed by atoms with van der Waals surface area (Å²) in [7, 11) is 1.48. The van der Waals surface area contributed by atoms with Gasteiger partial charge in [-0.2, -0.15) is 0 Å². The highest BCUT2D eigenvalue weighted by atomic mass is 19.1. The van der Waals surface area contributed by atoms with E-state index in [4.69, 9.17) is 9.47 Å². The lowest BCUT2D eigenvalue weighted by atomic mass is 10.1. The fourth-order valence-corrected chi connectivity index (χ4v) is 2.95. The molecule has 0 radical (unpaired) electrons. The smallest absolute Gasteiger partial charge is 0.342 e. The average Bonchev–Trinajstić information content (AvgIpc) is 2.73. The summed E-state index contributed by atoms with van der Waals surface area (Å²) in [6.45, 7) is 1.87. The van der Waals surface area contributed by atoms with Crippen LogP contribution in [-0.4, -0.2) is 31.6 Å². The van der Waals surface area contributed by atoms with Crippen molar-refractivity contribution in [3.05, 3.63) is 77.6 Å². The van der Waals surface area contributed by atoms with Gasteiger partial charge in [-0.25, -0.2) is 9.18 Å². The van der Waals surface area contributed by atoms with Crippen LogP contribution in [0.25, 0.3) is 10.8 Å². The molecule has 0 aliphatic rings. The third-order valence-corrected chi connectivity index (χ3v) is 4.57. The van der Waals surface area contributed by atoms with Gasteiger partial charge in [0.2, 0.25) is 0 Å². The van der Waals surface area contributed by atoms with Crippen molar-refractivity contribution in [2.24, 2.45) is 0 Å². The molecule has 3 aromatic carbocycles. The lowest BCUT2D eigenvalue weighted by Gasteiger charge is -2.15. The Balaban J connectivity index is 1.60. The lowest BCUT2D eigenvalue weighted by Crippen LogP contribution is -2.37. The fourth-order valence-electron chi connectivity index (χ4n) is 2.95. The van der Waals surface area contributed by atoms with Crippen LogP contribution in [-0.2, 0) is 16.0 Å². The van der Waals surface area contributed by atoms with Crippen LogP contribution in [0.1, 0.15) is 22.8 Å². The van der Waals surface area contributed by atoms with E-state index in [-0.39, 0.29) is 11.4 Å². The molecule has 0 saturated carbocycles. The van der Waals surface area contributed by atoms with E-state index in [2.05, 4.69) is 5.32 Å². The molecule has 0 fully saturated rings. The summed E-state index contributed by atoms with van der Waals surface area (Å²) >= 11 is 0. The number of ether oxygens (including phenoxy) is 2. The third kappa shape index (κ3) is 5.10. The molecule has 29 heavy (non-hydrogen) atoms. The van der Waals surface area contributed by atoms with Gasteiger partial charge in [-0.1, -0.05) is 36.4 Å². The first-order chi connectivity index (χ1) is 14.0. The van der Waals surface area contributed by atoms with Crippen molar-refractivity contribution >= 4 is 22.6 Å². The van der Waals surface area contributed by atoms with E-state index in [1.807, 2.05) is 24.3 Å². The van der Waals surface area contributed by atoms with Crippen molar-refractivity contribution in [1.29, 1.82) is 0 Å². The van der Waals surface area contributed by atoms with E-state index in [0.717, 1.165) is 16.3 Å². The van der Waals surface area contributed by atoms with Gasteiger partial charge in [0.15, 0.2) is 6.10 Å². The van der Waals surface area contributed by atoms with Crippen molar-refractivity contribution < 1.29 is 23.5 Å². The monoisotopic (exact) mass is 395 g/mol. The first-order valence-corrected chi connectivity index (χ1v) is 9.28. The number of methoxy groups -OCH3 is 1. The molecule has 0 unspecified atom stereocenters. The number of fused-ring (bicyclic) bond motifs is 1. The number of esters is 1. The zero-order valence-electron chi connectivity index (χ0n) is 16.3. The van der Waals surface area contributed by atoms with Crippen LogP contribution in [0.5, 0.6) is 5.75 Å². The number of halogens is 1. The van der Waals surface area contributed by atoms with E-state index in [1.165, 1.54) is 26.2 Å².